The Kier molecular flexibility index (Phi) is 6.46. The molecule has 4 nitrogen and oxygen atoms in total. The summed E-state index contributed by atoms with van der Waals surface area (Å²) < 4.78 is 0. The van der Waals surface area contributed by atoms with Gasteiger partial charge in [-0.1, -0.05) is 133 Å². The summed E-state index contributed by atoms with van der Waals surface area (Å²) in [5, 5.41) is 10.5. The van der Waals surface area contributed by atoms with Crippen molar-refractivity contribution in [3.8, 4) is 45.3 Å². The van der Waals surface area contributed by atoms with E-state index >= 15 is 0 Å². The van der Waals surface area contributed by atoms with Crippen molar-refractivity contribution in [3.63, 3.8) is 0 Å². The van der Waals surface area contributed by atoms with Gasteiger partial charge in [-0.05, 0) is 84.5 Å². The number of hydrogen-bond acceptors (Lipinski definition) is 4. The Morgan fingerprint density at radius 1 is 0.320 bits per heavy atom. The molecule has 2 heterocycles. The van der Waals surface area contributed by atoms with Crippen molar-refractivity contribution in [3.05, 3.63) is 170 Å². The van der Waals surface area contributed by atoms with Gasteiger partial charge in [-0.2, -0.15) is 0 Å². The summed E-state index contributed by atoms with van der Waals surface area (Å²) in [6, 6.07) is 57.5. The third kappa shape index (κ3) is 4.69. The van der Waals surface area contributed by atoms with Crippen LogP contribution in [0.3, 0.4) is 0 Å². The van der Waals surface area contributed by atoms with Crippen LogP contribution in [-0.4, -0.2) is 19.9 Å². The first-order valence-corrected chi connectivity index (χ1v) is 16.8. The third-order valence-corrected chi connectivity index (χ3v) is 9.71. The van der Waals surface area contributed by atoms with Gasteiger partial charge in [0.1, 0.15) is 0 Å². The van der Waals surface area contributed by atoms with E-state index in [1.54, 1.807) is 0 Å². The van der Waals surface area contributed by atoms with E-state index in [-0.39, 0.29) is 0 Å². The van der Waals surface area contributed by atoms with Gasteiger partial charge in [0.25, 0.3) is 0 Å². The molecule has 0 aliphatic carbocycles. The highest BCUT2D eigenvalue weighted by Crippen LogP contribution is 2.42. The number of hydrogen-bond donors (Lipinski definition) is 0. The van der Waals surface area contributed by atoms with Crippen LogP contribution in [-0.2, 0) is 0 Å². The molecule has 2 aromatic heterocycles. The monoisotopic (exact) mass is 636 g/mol. The van der Waals surface area contributed by atoms with Crippen molar-refractivity contribution >= 4 is 54.0 Å². The molecule has 0 saturated carbocycles. The summed E-state index contributed by atoms with van der Waals surface area (Å²) in [7, 11) is 0. The standard InChI is InChI=1S/C46H28N4/c1-3-12-31-26-34(21-19-29(31)10-1)44-48-45(35-22-20-30-11-2-4-13-32(30)27-35)50-46(49-44)39-17-8-7-16-37(39)41-28-33-14-5-6-15-36(33)38-23-24-42-40(43(38)41)18-9-25-47-42/h1-28H. The van der Waals surface area contributed by atoms with E-state index in [0.29, 0.717) is 17.5 Å². The summed E-state index contributed by atoms with van der Waals surface area (Å²) in [6.07, 6.45) is 1.86. The maximum absolute atomic E-state index is 5.22. The van der Waals surface area contributed by atoms with Crippen LogP contribution in [0.4, 0.5) is 0 Å². The molecule has 50 heavy (non-hydrogen) atoms. The van der Waals surface area contributed by atoms with Crippen LogP contribution in [0.25, 0.3) is 99.3 Å². The predicted molar refractivity (Wildman–Crippen MR) is 207 cm³/mol. The molecule has 0 amide bonds. The maximum atomic E-state index is 5.22. The van der Waals surface area contributed by atoms with Crippen molar-refractivity contribution < 1.29 is 0 Å². The van der Waals surface area contributed by atoms with Crippen LogP contribution in [0.2, 0.25) is 0 Å². The Bertz CT molecular complexity index is 2850. The molecule has 0 aliphatic rings. The van der Waals surface area contributed by atoms with E-state index in [2.05, 4.69) is 158 Å². The van der Waals surface area contributed by atoms with E-state index < -0.39 is 0 Å². The highest BCUT2D eigenvalue weighted by molar-refractivity contribution is 6.23. The Morgan fingerprint density at radius 3 is 1.58 bits per heavy atom. The molecule has 0 saturated heterocycles. The molecule has 0 N–H and O–H groups in total. The lowest BCUT2D eigenvalue weighted by Gasteiger charge is -2.16. The van der Waals surface area contributed by atoms with E-state index in [1.807, 2.05) is 12.3 Å². The van der Waals surface area contributed by atoms with Crippen LogP contribution in [0.5, 0.6) is 0 Å². The van der Waals surface area contributed by atoms with E-state index in [9.17, 15) is 0 Å². The van der Waals surface area contributed by atoms with Gasteiger partial charge in [-0.3, -0.25) is 4.98 Å². The minimum absolute atomic E-state index is 0.626. The molecule has 0 aliphatic heterocycles. The zero-order valence-electron chi connectivity index (χ0n) is 27.0. The first kappa shape index (κ1) is 28.3. The van der Waals surface area contributed by atoms with Gasteiger partial charge in [0, 0.05) is 28.3 Å². The van der Waals surface area contributed by atoms with Gasteiger partial charge in [0.05, 0.1) is 5.52 Å². The lowest BCUT2D eigenvalue weighted by molar-refractivity contribution is 1.08. The first-order valence-electron chi connectivity index (χ1n) is 16.8. The van der Waals surface area contributed by atoms with E-state index in [1.165, 1.54) is 32.3 Å². The number of benzene rings is 8. The summed E-state index contributed by atoms with van der Waals surface area (Å²) in [4.78, 5) is 20.3. The lowest BCUT2D eigenvalue weighted by Crippen LogP contribution is -2.01. The highest BCUT2D eigenvalue weighted by atomic mass is 15.0. The molecule has 4 heteroatoms. The summed E-state index contributed by atoms with van der Waals surface area (Å²) >= 11 is 0. The Morgan fingerprint density at radius 2 is 0.880 bits per heavy atom. The van der Waals surface area contributed by atoms with Crippen molar-refractivity contribution in [2.75, 3.05) is 0 Å². The van der Waals surface area contributed by atoms with Crippen LogP contribution in [0.1, 0.15) is 0 Å². The van der Waals surface area contributed by atoms with Crippen LogP contribution >= 0.6 is 0 Å². The Hall–Kier alpha value is -6.78. The smallest absolute Gasteiger partial charge is 0.164 e. The largest absolute Gasteiger partial charge is 0.256 e. The molecule has 10 rings (SSSR count). The summed E-state index contributed by atoms with van der Waals surface area (Å²) in [5.74, 6) is 1.90. The van der Waals surface area contributed by atoms with Gasteiger partial charge in [0.2, 0.25) is 0 Å². The molecule has 0 bridgehead atoms. The third-order valence-electron chi connectivity index (χ3n) is 9.71. The summed E-state index contributed by atoms with van der Waals surface area (Å²) in [5.41, 5.74) is 5.97. The topological polar surface area (TPSA) is 51.6 Å². The minimum Gasteiger partial charge on any atom is -0.256 e. The normalized spacial score (nSPS) is 11.6. The molecule has 8 aromatic carbocycles. The molecule has 10 aromatic rings. The fourth-order valence-electron chi connectivity index (χ4n) is 7.30. The second kappa shape index (κ2) is 11.4. The number of rotatable bonds is 4. The second-order valence-electron chi connectivity index (χ2n) is 12.7. The Balaban J connectivity index is 1.26. The molecular formula is C46H28N4. The van der Waals surface area contributed by atoms with Gasteiger partial charge in [0.15, 0.2) is 17.5 Å². The molecule has 232 valence electrons. The zero-order chi connectivity index (χ0) is 33.0. The zero-order valence-corrected chi connectivity index (χ0v) is 27.0. The number of aromatic nitrogens is 4. The van der Waals surface area contributed by atoms with Gasteiger partial charge in [-0.25, -0.2) is 15.0 Å². The van der Waals surface area contributed by atoms with Crippen LogP contribution in [0.15, 0.2) is 170 Å². The van der Waals surface area contributed by atoms with E-state index in [4.69, 9.17) is 19.9 Å². The van der Waals surface area contributed by atoms with Crippen molar-refractivity contribution in [2.45, 2.75) is 0 Å². The van der Waals surface area contributed by atoms with E-state index in [0.717, 1.165) is 49.5 Å². The molecule has 0 spiro atoms. The Labute approximate surface area is 288 Å². The number of nitrogens with zero attached hydrogens (tertiary/aromatic N) is 4. The maximum Gasteiger partial charge on any atom is 0.164 e. The van der Waals surface area contributed by atoms with Crippen molar-refractivity contribution in [1.82, 2.24) is 19.9 Å². The molecule has 0 radical (unpaired) electrons. The second-order valence-corrected chi connectivity index (χ2v) is 12.7. The van der Waals surface area contributed by atoms with Gasteiger partial charge in [-0.15, -0.1) is 0 Å². The van der Waals surface area contributed by atoms with Crippen LogP contribution in [0, 0.1) is 0 Å². The average Bonchev–Trinajstić information content (AvgIpc) is 3.19. The van der Waals surface area contributed by atoms with Gasteiger partial charge >= 0.3 is 0 Å². The van der Waals surface area contributed by atoms with Gasteiger partial charge < -0.3 is 0 Å². The van der Waals surface area contributed by atoms with Crippen molar-refractivity contribution in [1.29, 1.82) is 0 Å². The fourth-order valence-corrected chi connectivity index (χ4v) is 7.30. The molecule has 0 fully saturated rings. The summed E-state index contributed by atoms with van der Waals surface area (Å²) in [6.45, 7) is 0. The average molecular weight is 637 g/mol. The predicted octanol–water partition coefficient (Wildman–Crippen LogP) is 11.7. The quantitative estimate of drug-likeness (QED) is 0.180. The lowest BCUT2D eigenvalue weighted by atomic mass is 9.89. The minimum atomic E-state index is 0.626. The highest BCUT2D eigenvalue weighted by Gasteiger charge is 2.19. The first-order chi connectivity index (χ1) is 24.8. The number of pyridine rings is 1. The SMILES string of the molecule is c1ccc(-c2cc3ccccc3c3ccc4ncccc4c23)c(-c2nc(-c3ccc4ccccc4c3)nc(-c3ccc4ccccc4c3)n2)c1. The molecule has 0 atom stereocenters. The fraction of sp³-hybridized carbons (Fsp3) is 0. The van der Waals surface area contributed by atoms with Crippen LogP contribution < -0.4 is 0 Å². The van der Waals surface area contributed by atoms with Crippen molar-refractivity contribution in [2.24, 2.45) is 0 Å². The molecular weight excluding hydrogens is 609 g/mol. The molecule has 0 unspecified atom stereocenters. The number of fused-ring (bicyclic) bond motifs is 7.